The molecule has 2 atom stereocenters. The maximum absolute atomic E-state index is 9.25. The molecule has 0 radical (unpaired) electrons. The lowest BCUT2D eigenvalue weighted by Crippen LogP contribution is -2.52. The Morgan fingerprint density at radius 3 is 2.46 bits per heavy atom. The molecule has 0 bridgehead atoms. The largest absolute Gasteiger partial charge is 0.375 e. The van der Waals surface area contributed by atoms with Crippen LogP contribution in [-0.2, 0) is 4.74 Å². The van der Waals surface area contributed by atoms with Crippen molar-refractivity contribution in [2.24, 2.45) is 0 Å². The SMILES string of the molecule is CCN(CC)C1(C#N)CCOC1C. The van der Waals surface area contributed by atoms with Crippen molar-refractivity contribution in [1.82, 2.24) is 4.90 Å². The predicted molar refractivity (Wildman–Crippen MR) is 51.3 cm³/mol. The third-order valence-electron chi connectivity index (χ3n) is 3.04. The number of likely N-dealkylation sites (N-methyl/N-ethyl adjacent to an activating group) is 1. The summed E-state index contributed by atoms with van der Waals surface area (Å²) in [5.74, 6) is 0. The van der Waals surface area contributed by atoms with Gasteiger partial charge in [0.1, 0.15) is 5.54 Å². The van der Waals surface area contributed by atoms with E-state index in [0.29, 0.717) is 6.61 Å². The summed E-state index contributed by atoms with van der Waals surface area (Å²) >= 11 is 0. The van der Waals surface area contributed by atoms with E-state index in [-0.39, 0.29) is 11.6 Å². The molecular weight excluding hydrogens is 164 g/mol. The summed E-state index contributed by atoms with van der Waals surface area (Å²) in [6.07, 6.45) is 0.879. The van der Waals surface area contributed by atoms with E-state index in [4.69, 9.17) is 4.74 Å². The van der Waals surface area contributed by atoms with Crippen molar-refractivity contribution in [3.63, 3.8) is 0 Å². The van der Waals surface area contributed by atoms with Crippen LogP contribution in [0.25, 0.3) is 0 Å². The van der Waals surface area contributed by atoms with Crippen LogP contribution in [0.1, 0.15) is 27.2 Å². The van der Waals surface area contributed by atoms with Gasteiger partial charge in [-0.15, -0.1) is 0 Å². The second-order valence-corrected chi connectivity index (χ2v) is 3.47. The summed E-state index contributed by atoms with van der Waals surface area (Å²) in [5.41, 5.74) is -0.372. The molecule has 74 valence electrons. The van der Waals surface area contributed by atoms with Gasteiger partial charge in [0, 0.05) is 13.0 Å². The molecule has 0 aromatic heterocycles. The molecule has 0 N–H and O–H groups in total. The van der Waals surface area contributed by atoms with E-state index in [1.54, 1.807) is 0 Å². The number of hydrogen-bond donors (Lipinski definition) is 0. The first-order chi connectivity index (χ1) is 6.21. The average Bonchev–Trinajstić information content (AvgIpc) is 2.51. The Morgan fingerprint density at radius 1 is 1.54 bits per heavy atom. The van der Waals surface area contributed by atoms with Gasteiger partial charge in [0.05, 0.1) is 12.2 Å². The molecule has 0 aromatic carbocycles. The van der Waals surface area contributed by atoms with E-state index in [2.05, 4.69) is 24.8 Å². The third-order valence-corrected chi connectivity index (χ3v) is 3.04. The molecule has 0 saturated carbocycles. The standard InChI is InChI=1S/C10H18N2O/c1-4-12(5-2)10(8-11)6-7-13-9(10)3/h9H,4-7H2,1-3H3. The van der Waals surface area contributed by atoms with E-state index < -0.39 is 0 Å². The molecule has 3 nitrogen and oxygen atoms in total. The molecule has 1 saturated heterocycles. The van der Waals surface area contributed by atoms with E-state index in [1.807, 2.05) is 6.92 Å². The second kappa shape index (κ2) is 4.08. The van der Waals surface area contributed by atoms with Crippen LogP contribution in [0, 0.1) is 11.3 Å². The first-order valence-electron chi connectivity index (χ1n) is 4.99. The molecule has 0 amide bonds. The van der Waals surface area contributed by atoms with Crippen LogP contribution in [0.15, 0.2) is 0 Å². The fourth-order valence-corrected chi connectivity index (χ4v) is 2.15. The Morgan fingerprint density at radius 2 is 2.15 bits per heavy atom. The van der Waals surface area contributed by atoms with Crippen LogP contribution in [0.5, 0.6) is 0 Å². The number of nitrogens with zero attached hydrogens (tertiary/aromatic N) is 2. The summed E-state index contributed by atoms with van der Waals surface area (Å²) in [4.78, 5) is 2.20. The van der Waals surface area contributed by atoms with Crippen LogP contribution in [-0.4, -0.2) is 36.2 Å². The van der Waals surface area contributed by atoms with Crippen molar-refractivity contribution in [2.45, 2.75) is 38.8 Å². The van der Waals surface area contributed by atoms with Gasteiger partial charge < -0.3 is 4.74 Å². The molecule has 1 aliphatic rings. The van der Waals surface area contributed by atoms with Gasteiger partial charge in [0.25, 0.3) is 0 Å². The fraction of sp³-hybridized carbons (Fsp3) is 0.900. The van der Waals surface area contributed by atoms with Gasteiger partial charge in [-0.05, 0) is 20.0 Å². The summed E-state index contributed by atoms with van der Waals surface area (Å²) in [6.45, 7) is 8.72. The Bertz CT molecular complexity index is 207. The van der Waals surface area contributed by atoms with Crippen LogP contribution in [0.4, 0.5) is 0 Å². The second-order valence-electron chi connectivity index (χ2n) is 3.47. The molecule has 1 aliphatic heterocycles. The minimum atomic E-state index is -0.372. The fourth-order valence-electron chi connectivity index (χ4n) is 2.15. The van der Waals surface area contributed by atoms with Crippen LogP contribution >= 0.6 is 0 Å². The molecule has 3 heteroatoms. The summed E-state index contributed by atoms with van der Waals surface area (Å²) in [6, 6.07) is 2.43. The topological polar surface area (TPSA) is 36.3 Å². The molecule has 1 rings (SSSR count). The highest BCUT2D eigenvalue weighted by Crippen LogP contribution is 2.31. The summed E-state index contributed by atoms with van der Waals surface area (Å²) in [7, 11) is 0. The van der Waals surface area contributed by atoms with E-state index in [9.17, 15) is 5.26 Å². The third kappa shape index (κ3) is 1.56. The Balaban J connectivity index is 2.86. The van der Waals surface area contributed by atoms with Crippen LogP contribution < -0.4 is 0 Å². The highest BCUT2D eigenvalue weighted by atomic mass is 16.5. The molecule has 0 spiro atoms. The number of rotatable bonds is 3. The predicted octanol–water partition coefficient (Wildman–Crippen LogP) is 1.40. The van der Waals surface area contributed by atoms with E-state index in [0.717, 1.165) is 19.5 Å². The zero-order valence-electron chi connectivity index (χ0n) is 8.71. The van der Waals surface area contributed by atoms with Gasteiger partial charge in [0.15, 0.2) is 0 Å². The first-order valence-corrected chi connectivity index (χ1v) is 4.99. The molecule has 0 aromatic rings. The maximum Gasteiger partial charge on any atom is 0.137 e. The van der Waals surface area contributed by atoms with Crippen LogP contribution in [0.2, 0.25) is 0 Å². The highest BCUT2D eigenvalue weighted by Gasteiger charge is 2.45. The van der Waals surface area contributed by atoms with Crippen LogP contribution in [0.3, 0.4) is 0 Å². The highest BCUT2D eigenvalue weighted by molar-refractivity contribution is 5.14. The average molecular weight is 182 g/mol. The molecule has 1 fully saturated rings. The van der Waals surface area contributed by atoms with Crippen molar-refractivity contribution in [3.8, 4) is 6.07 Å². The monoisotopic (exact) mass is 182 g/mol. The molecule has 13 heavy (non-hydrogen) atoms. The summed E-state index contributed by atoms with van der Waals surface area (Å²) < 4.78 is 5.48. The molecule has 2 unspecified atom stereocenters. The van der Waals surface area contributed by atoms with E-state index in [1.165, 1.54) is 0 Å². The van der Waals surface area contributed by atoms with Gasteiger partial charge in [-0.25, -0.2) is 0 Å². The zero-order valence-corrected chi connectivity index (χ0v) is 8.71. The molecular formula is C10H18N2O. The lowest BCUT2D eigenvalue weighted by Gasteiger charge is -2.36. The van der Waals surface area contributed by atoms with Crippen molar-refractivity contribution in [3.05, 3.63) is 0 Å². The quantitative estimate of drug-likeness (QED) is 0.662. The summed E-state index contributed by atoms with van der Waals surface area (Å²) in [5, 5.41) is 9.25. The number of hydrogen-bond acceptors (Lipinski definition) is 3. The first kappa shape index (κ1) is 10.5. The van der Waals surface area contributed by atoms with Crippen molar-refractivity contribution < 1.29 is 4.74 Å². The van der Waals surface area contributed by atoms with Gasteiger partial charge in [-0.2, -0.15) is 5.26 Å². The zero-order chi connectivity index (χ0) is 9.90. The Labute approximate surface area is 80.3 Å². The maximum atomic E-state index is 9.25. The van der Waals surface area contributed by atoms with Crippen molar-refractivity contribution >= 4 is 0 Å². The van der Waals surface area contributed by atoms with E-state index >= 15 is 0 Å². The lowest BCUT2D eigenvalue weighted by atomic mass is 9.91. The lowest BCUT2D eigenvalue weighted by molar-refractivity contribution is 0.0462. The Hall–Kier alpha value is -0.590. The van der Waals surface area contributed by atoms with Gasteiger partial charge in [-0.1, -0.05) is 13.8 Å². The van der Waals surface area contributed by atoms with Crippen molar-refractivity contribution in [2.75, 3.05) is 19.7 Å². The normalized spacial score (nSPS) is 33.6. The minimum absolute atomic E-state index is 0.0393. The minimum Gasteiger partial charge on any atom is -0.375 e. The van der Waals surface area contributed by atoms with Gasteiger partial charge in [0.2, 0.25) is 0 Å². The number of ether oxygens (including phenoxy) is 1. The molecule has 1 heterocycles. The number of nitriles is 1. The Kier molecular flexibility index (Phi) is 3.29. The smallest absolute Gasteiger partial charge is 0.137 e. The van der Waals surface area contributed by atoms with Gasteiger partial charge >= 0.3 is 0 Å². The van der Waals surface area contributed by atoms with Gasteiger partial charge in [-0.3, -0.25) is 4.90 Å². The molecule has 0 aliphatic carbocycles. The van der Waals surface area contributed by atoms with Crippen molar-refractivity contribution in [1.29, 1.82) is 5.26 Å².